The van der Waals surface area contributed by atoms with Crippen LogP contribution in [-0.2, 0) is 0 Å². The van der Waals surface area contributed by atoms with Gasteiger partial charge in [0.1, 0.15) is 11.8 Å². The Kier molecular flexibility index (Phi) is 3.53. The lowest BCUT2D eigenvalue weighted by Gasteiger charge is -2.05. The molecule has 0 unspecified atom stereocenters. The second-order valence-corrected chi connectivity index (χ2v) is 4.67. The Hall–Kier alpha value is -2.00. The Morgan fingerprint density at radius 3 is 2.33 bits per heavy atom. The molecule has 0 saturated heterocycles. The Morgan fingerprint density at radius 1 is 1.06 bits per heavy atom. The zero-order chi connectivity index (χ0) is 13.1. The molecule has 0 aliphatic heterocycles. The first-order valence-electron chi connectivity index (χ1n) is 5.33. The van der Waals surface area contributed by atoms with Crippen molar-refractivity contribution in [2.75, 3.05) is 0 Å². The van der Waals surface area contributed by atoms with Gasteiger partial charge in [0.25, 0.3) is 0 Å². The largest absolute Gasteiger partial charge is 0.231 e. The van der Waals surface area contributed by atoms with Crippen LogP contribution in [0.25, 0.3) is 0 Å². The van der Waals surface area contributed by atoms with Gasteiger partial charge in [-0.3, -0.25) is 0 Å². The topological polar surface area (TPSA) is 75.3 Å². The van der Waals surface area contributed by atoms with Gasteiger partial charge in [0.15, 0.2) is 10.3 Å². The van der Waals surface area contributed by atoms with Gasteiger partial charge < -0.3 is 0 Å². The number of rotatable bonds is 2. The summed E-state index contributed by atoms with van der Waals surface area (Å²) in [5, 5.41) is 9.86. The molecule has 5 nitrogen and oxygen atoms in total. The van der Waals surface area contributed by atoms with Gasteiger partial charge in [-0.1, -0.05) is 0 Å². The van der Waals surface area contributed by atoms with Gasteiger partial charge in [-0.05, 0) is 44.2 Å². The third-order valence-electron chi connectivity index (χ3n) is 2.54. The van der Waals surface area contributed by atoms with Crippen LogP contribution in [0.15, 0.2) is 22.6 Å². The van der Waals surface area contributed by atoms with Crippen LogP contribution >= 0.6 is 11.8 Å². The number of hydrogen-bond donors (Lipinski definition) is 0. The quantitative estimate of drug-likeness (QED) is 0.768. The normalized spacial score (nSPS) is 10.1. The molecular weight excluding hydrogens is 246 g/mol. The molecule has 0 atom stereocenters. The van der Waals surface area contributed by atoms with Gasteiger partial charge in [-0.15, -0.1) is 0 Å². The van der Waals surface area contributed by atoms with E-state index in [0.29, 0.717) is 16.0 Å². The molecule has 2 aromatic rings. The molecule has 0 bridgehead atoms. The molecule has 0 fully saturated rings. The molecule has 2 heterocycles. The molecule has 6 heteroatoms. The van der Waals surface area contributed by atoms with E-state index >= 15 is 0 Å². The van der Waals surface area contributed by atoms with Crippen molar-refractivity contribution in [3.05, 3.63) is 34.9 Å². The van der Waals surface area contributed by atoms with E-state index in [1.54, 1.807) is 12.3 Å². The summed E-state index contributed by atoms with van der Waals surface area (Å²) in [4.78, 5) is 16.9. The summed E-state index contributed by atoms with van der Waals surface area (Å²) >= 11 is 1.26. The molecule has 0 aliphatic carbocycles. The standard InChI is InChI=1S/C12H11N5S/c1-7-8(2)15-12(16-9(7)3)18-11-14-5-4-10(6-13)17-11/h4-5H,1-3H3. The van der Waals surface area contributed by atoms with Crippen LogP contribution in [0.2, 0.25) is 0 Å². The average molecular weight is 257 g/mol. The number of hydrogen-bond acceptors (Lipinski definition) is 6. The molecule has 90 valence electrons. The summed E-state index contributed by atoms with van der Waals surface area (Å²) < 4.78 is 0. The van der Waals surface area contributed by atoms with Crippen molar-refractivity contribution in [3.63, 3.8) is 0 Å². The molecule has 0 aromatic carbocycles. The molecule has 0 N–H and O–H groups in total. The zero-order valence-electron chi connectivity index (χ0n) is 10.3. The minimum absolute atomic E-state index is 0.341. The Morgan fingerprint density at radius 2 is 1.72 bits per heavy atom. The maximum absolute atomic E-state index is 8.77. The number of aryl methyl sites for hydroxylation is 2. The summed E-state index contributed by atoms with van der Waals surface area (Å²) in [6.45, 7) is 5.88. The Labute approximate surface area is 109 Å². The third-order valence-corrected chi connectivity index (χ3v) is 3.29. The molecule has 0 spiro atoms. The van der Waals surface area contributed by atoms with Crippen molar-refractivity contribution in [1.82, 2.24) is 19.9 Å². The maximum atomic E-state index is 8.77. The van der Waals surface area contributed by atoms with E-state index in [-0.39, 0.29) is 0 Å². The van der Waals surface area contributed by atoms with Crippen LogP contribution in [0.1, 0.15) is 22.6 Å². The second kappa shape index (κ2) is 5.10. The number of aromatic nitrogens is 4. The van der Waals surface area contributed by atoms with Gasteiger partial charge in [-0.25, -0.2) is 19.9 Å². The van der Waals surface area contributed by atoms with Gasteiger partial charge in [0, 0.05) is 17.6 Å². The highest BCUT2D eigenvalue weighted by molar-refractivity contribution is 7.99. The highest BCUT2D eigenvalue weighted by atomic mass is 32.2. The summed E-state index contributed by atoms with van der Waals surface area (Å²) in [6.07, 6.45) is 1.56. The molecule has 18 heavy (non-hydrogen) atoms. The lowest BCUT2D eigenvalue weighted by atomic mass is 10.2. The van der Waals surface area contributed by atoms with Crippen molar-refractivity contribution in [2.45, 2.75) is 31.1 Å². The molecule has 2 aromatic heterocycles. The molecule has 0 saturated carbocycles. The predicted molar refractivity (Wildman–Crippen MR) is 67.1 cm³/mol. The molecule has 0 radical (unpaired) electrons. The monoisotopic (exact) mass is 257 g/mol. The van der Waals surface area contributed by atoms with E-state index in [9.17, 15) is 0 Å². The molecule has 0 aliphatic rings. The van der Waals surface area contributed by atoms with E-state index in [0.717, 1.165) is 17.0 Å². The highest BCUT2D eigenvalue weighted by Crippen LogP contribution is 2.22. The van der Waals surface area contributed by atoms with Gasteiger partial charge >= 0.3 is 0 Å². The summed E-state index contributed by atoms with van der Waals surface area (Å²) in [7, 11) is 0. The fourth-order valence-electron chi connectivity index (χ4n) is 1.32. The van der Waals surface area contributed by atoms with Gasteiger partial charge in [-0.2, -0.15) is 5.26 Å². The first kappa shape index (κ1) is 12.5. The van der Waals surface area contributed by atoms with E-state index in [4.69, 9.17) is 5.26 Å². The van der Waals surface area contributed by atoms with Crippen LogP contribution in [0.5, 0.6) is 0 Å². The van der Waals surface area contributed by atoms with Crippen molar-refractivity contribution in [2.24, 2.45) is 0 Å². The van der Waals surface area contributed by atoms with Crippen LogP contribution in [0.4, 0.5) is 0 Å². The maximum Gasteiger partial charge on any atom is 0.196 e. The highest BCUT2D eigenvalue weighted by Gasteiger charge is 2.08. The first-order chi connectivity index (χ1) is 8.60. The minimum atomic E-state index is 0.341. The Balaban J connectivity index is 2.32. The number of nitriles is 1. The van der Waals surface area contributed by atoms with Crippen LogP contribution < -0.4 is 0 Å². The SMILES string of the molecule is Cc1nc(Sc2nccc(C#N)n2)nc(C)c1C. The molecule has 2 rings (SSSR count). The number of nitrogens with zero attached hydrogens (tertiary/aromatic N) is 5. The van der Waals surface area contributed by atoms with Crippen molar-refractivity contribution in [3.8, 4) is 6.07 Å². The van der Waals surface area contributed by atoms with Crippen molar-refractivity contribution in [1.29, 1.82) is 5.26 Å². The summed E-state index contributed by atoms with van der Waals surface area (Å²) in [5.41, 5.74) is 3.32. The third kappa shape index (κ3) is 2.63. The van der Waals surface area contributed by atoms with Crippen molar-refractivity contribution >= 4 is 11.8 Å². The first-order valence-corrected chi connectivity index (χ1v) is 6.14. The van der Waals surface area contributed by atoms with Crippen LogP contribution in [-0.4, -0.2) is 19.9 Å². The van der Waals surface area contributed by atoms with Gasteiger partial charge in [0.05, 0.1) is 0 Å². The van der Waals surface area contributed by atoms with Crippen LogP contribution in [0, 0.1) is 32.1 Å². The summed E-state index contributed by atoms with van der Waals surface area (Å²) in [5.74, 6) is 0. The lowest BCUT2D eigenvalue weighted by molar-refractivity contribution is 0.868. The molecular formula is C12H11N5S. The minimum Gasteiger partial charge on any atom is -0.231 e. The van der Waals surface area contributed by atoms with Crippen LogP contribution in [0.3, 0.4) is 0 Å². The second-order valence-electron chi connectivity index (χ2n) is 3.74. The fourth-order valence-corrected chi connectivity index (χ4v) is 2.11. The van der Waals surface area contributed by atoms with E-state index < -0.39 is 0 Å². The average Bonchev–Trinajstić information content (AvgIpc) is 2.36. The zero-order valence-corrected chi connectivity index (χ0v) is 11.1. The summed E-state index contributed by atoms with van der Waals surface area (Å²) in [6, 6.07) is 3.55. The fraction of sp³-hybridized carbons (Fsp3) is 0.250. The Bertz CT molecular complexity index is 610. The van der Waals surface area contributed by atoms with Crippen molar-refractivity contribution < 1.29 is 0 Å². The predicted octanol–water partition coefficient (Wildman–Crippen LogP) is 2.21. The van der Waals surface area contributed by atoms with Gasteiger partial charge in [0.2, 0.25) is 0 Å². The van der Waals surface area contributed by atoms with E-state index in [2.05, 4.69) is 19.9 Å². The van der Waals surface area contributed by atoms with E-state index in [1.165, 1.54) is 11.8 Å². The van der Waals surface area contributed by atoms with E-state index in [1.807, 2.05) is 26.8 Å². The molecule has 0 amide bonds. The smallest absolute Gasteiger partial charge is 0.196 e. The lowest BCUT2D eigenvalue weighted by Crippen LogP contribution is -1.99.